The van der Waals surface area contributed by atoms with E-state index >= 15 is 0 Å². The van der Waals surface area contributed by atoms with Crippen molar-refractivity contribution in [1.29, 1.82) is 0 Å². The quantitative estimate of drug-likeness (QED) is 0.404. The number of aliphatic hydroxyl groups is 1. The van der Waals surface area contributed by atoms with Crippen LogP contribution in [-0.4, -0.2) is 48.4 Å². The molecule has 4 unspecified atom stereocenters. The van der Waals surface area contributed by atoms with E-state index in [0.29, 0.717) is 24.1 Å². The number of aliphatic hydroxyl groups excluding tert-OH is 1. The van der Waals surface area contributed by atoms with Crippen molar-refractivity contribution in [3.8, 4) is 0 Å². The molecule has 2 aliphatic rings. The van der Waals surface area contributed by atoms with Crippen molar-refractivity contribution >= 4 is 17.5 Å². The van der Waals surface area contributed by atoms with Gasteiger partial charge in [0.05, 0.1) is 23.6 Å². The van der Waals surface area contributed by atoms with Gasteiger partial charge in [0.15, 0.2) is 0 Å². The molecule has 4 atom stereocenters. The molecule has 2 bridgehead atoms. The molecule has 7 heteroatoms. The fourth-order valence-electron chi connectivity index (χ4n) is 4.44. The lowest BCUT2D eigenvalue weighted by atomic mass is 9.85. The van der Waals surface area contributed by atoms with E-state index < -0.39 is 23.9 Å². The second-order valence-electron chi connectivity index (χ2n) is 9.73. The lowest BCUT2D eigenvalue weighted by Gasteiger charge is -2.29. The molecule has 0 fully saturated rings. The smallest absolute Gasteiger partial charge is 0.251 e. The number of carbonyl (C=O) groups excluding carboxylic acids is 3. The first-order valence-electron chi connectivity index (χ1n) is 12.5. The first-order chi connectivity index (χ1) is 17.1. The van der Waals surface area contributed by atoms with Crippen LogP contribution in [0, 0.1) is 11.8 Å². The van der Waals surface area contributed by atoms with Crippen molar-refractivity contribution < 1.29 is 24.2 Å². The van der Waals surface area contributed by atoms with Gasteiger partial charge in [-0.15, -0.1) is 6.58 Å². The van der Waals surface area contributed by atoms with Crippen LogP contribution in [0.5, 0.6) is 0 Å². The van der Waals surface area contributed by atoms with Crippen molar-refractivity contribution in [2.45, 2.75) is 65.6 Å². The second kappa shape index (κ2) is 13.9. The normalized spacial score (nSPS) is 30.9. The topological polar surface area (TPSA) is 105 Å². The summed E-state index contributed by atoms with van der Waals surface area (Å²) < 4.78 is 5.64. The average Bonchev–Trinajstić information content (AvgIpc) is 2.83. The van der Waals surface area contributed by atoms with Crippen LogP contribution in [0.1, 0.15) is 53.4 Å². The number of ketones is 2. The number of methoxy groups -OCH3 is 1. The molecular weight excluding hydrogens is 456 g/mol. The monoisotopic (exact) mass is 496 g/mol. The van der Waals surface area contributed by atoms with Crippen LogP contribution in [0.25, 0.3) is 0 Å². The molecule has 7 nitrogen and oxygen atoms in total. The predicted octanol–water partition coefficient (Wildman–Crippen LogP) is 3.84. The summed E-state index contributed by atoms with van der Waals surface area (Å²) in [6.07, 6.45) is 11.5. The maximum atomic E-state index is 13.4. The van der Waals surface area contributed by atoms with Gasteiger partial charge in [0.1, 0.15) is 0 Å². The molecule has 36 heavy (non-hydrogen) atoms. The standard InChI is InChI=1S/C29H40N2O5/c1-7-13-30-26-22-15-19(3)16-25(36-6)27(33)21(5)14-18(2)11-9-8-10-12-20(4)29(35)31-23(28(22)34)17-24(26)32/h7-8,10,12,14,17,19,21,25,27,30,33H,1,9,11,13,15-16H2,2-6H3,(H,31,35)/b10-8-,18-14+,20-12+. The molecule has 1 amide bonds. The molecule has 196 valence electrons. The van der Waals surface area contributed by atoms with Gasteiger partial charge in [-0.1, -0.05) is 49.8 Å². The Hall–Kier alpha value is -3.03. The largest absolute Gasteiger partial charge is 0.390 e. The molecule has 0 spiro atoms. The van der Waals surface area contributed by atoms with Crippen LogP contribution >= 0.6 is 0 Å². The van der Waals surface area contributed by atoms with Gasteiger partial charge in [-0.05, 0) is 45.4 Å². The van der Waals surface area contributed by atoms with Gasteiger partial charge in [0.25, 0.3) is 5.91 Å². The van der Waals surface area contributed by atoms with E-state index in [4.69, 9.17) is 4.74 Å². The first kappa shape index (κ1) is 29.2. The number of Topliss-reactive ketones (excluding diaryl/α,β-unsaturated/α-hetero) is 1. The lowest BCUT2D eigenvalue weighted by Crippen LogP contribution is -2.37. The maximum absolute atomic E-state index is 13.4. The van der Waals surface area contributed by atoms with Crippen LogP contribution in [0.4, 0.5) is 0 Å². The fraction of sp³-hybridized carbons (Fsp3) is 0.483. The SMILES string of the molecule is C=CCNC1=C2CC(C)CC(OC)C(O)C(C)/C=C(\C)CC/C=C\C=C(/C)C(=O)NC(=CC1=O)C2=O. The van der Waals surface area contributed by atoms with E-state index in [2.05, 4.69) is 23.3 Å². The molecule has 0 aromatic heterocycles. The Morgan fingerprint density at radius 1 is 1.25 bits per heavy atom. The number of hydrogen-bond acceptors (Lipinski definition) is 6. The van der Waals surface area contributed by atoms with E-state index in [1.165, 1.54) is 11.6 Å². The zero-order valence-corrected chi connectivity index (χ0v) is 22.1. The van der Waals surface area contributed by atoms with Crippen LogP contribution in [0.2, 0.25) is 0 Å². The highest BCUT2D eigenvalue weighted by Crippen LogP contribution is 2.28. The highest BCUT2D eigenvalue weighted by molar-refractivity contribution is 6.23. The molecule has 1 aliphatic heterocycles. The number of nitrogens with one attached hydrogen (secondary N) is 2. The molecule has 0 aromatic rings. The van der Waals surface area contributed by atoms with Crippen LogP contribution in [0.3, 0.4) is 0 Å². The van der Waals surface area contributed by atoms with Gasteiger partial charge < -0.3 is 20.5 Å². The van der Waals surface area contributed by atoms with Gasteiger partial charge in [0.2, 0.25) is 11.6 Å². The summed E-state index contributed by atoms with van der Waals surface area (Å²) in [6.45, 7) is 11.6. The molecule has 1 aliphatic carbocycles. The van der Waals surface area contributed by atoms with Gasteiger partial charge in [-0.25, -0.2) is 0 Å². The third kappa shape index (κ3) is 8.00. The summed E-state index contributed by atoms with van der Waals surface area (Å²) in [5.41, 5.74) is 2.07. The number of hydrogen-bond donors (Lipinski definition) is 3. The van der Waals surface area contributed by atoms with E-state index in [1.54, 1.807) is 26.2 Å². The molecule has 0 saturated heterocycles. The van der Waals surface area contributed by atoms with E-state index in [9.17, 15) is 19.5 Å². The second-order valence-corrected chi connectivity index (χ2v) is 9.73. The molecule has 0 radical (unpaired) electrons. The van der Waals surface area contributed by atoms with Gasteiger partial charge in [-0.2, -0.15) is 0 Å². The number of ether oxygens (including phenoxy) is 1. The molecule has 0 aromatic carbocycles. The zero-order valence-electron chi connectivity index (χ0n) is 22.1. The Morgan fingerprint density at radius 3 is 2.64 bits per heavy atom. The van der Waals surface area contributed by atoms with E-state index in [0.717, 1.165) is 12.8 Å². The Bertz CT molecular complexity index is 1010. The Morgan fingerprint density at radius 2 is 1.97 bits per heavy atom. The minimum absolute atomic E-state index is 0.0391. The number of fused-ring (bicyclic) bond motifs is 2. The highest BCUT2D eigenvalue weighted by Gasteiger charge is 2.32. The average molecular weight is 497 g/mol. The van der Waals surface area contributed by atoms with Crippen molar-refractivity contribution in [3.63, 3.8) is 0 Å². The van der Waals surface area contributed by atoms with Crippen LogP contribution in [-0.2, 0) is 19.1 Å². The highest BCUT2D eigenvalue weighted by atomic mass is 16.5. The van der Waals surface area contributed by atoms with Crippen molar-refractivity contribution in [1.82, 2.24) is 10.6 Å². The van der Waals surface area contributed by atoms with Gasteiger partial charge in [-0.3, -0.25) is 14.4 Å². The summed E-state index contributed by atoms with van der Waals surface area (Å²) >= 11 is 0. The van der Waals surface area contributed by atoms with Crippen molar-refractivity contribution in [3.05, 3.63) is 71.1 Å². The number of carbonyl (C=O) groups is 3. The van der Waals surface area contributed by atoms with Crippen molar-refractivity contribution in [2.75, 3.05) is 13.7 Å². The number of amides is 1. The van der Waals surface area contributed by atoms with Crippen molar-refractivity contribution in [2.24, 2.45) is 11.8 Å². The number of allylic oxidation sites excluding steroid dienone is 6. The summed E-state index contributed by atoms with van der Waals surface area (Å²) in [5, 5.41) is 16.6. The van der Waals surface area contributed by atoms with Crippen LogP contribution in [0.15, 0.2) is 71.1 Å². The van der Waals surface area contributed by atoms with Gasteiger partial charge in [0, 0.05) is 36.8 Å². The molecule has 1 heterocycles. The Balaban J connectivity index is 2.47. The minimum atomic E-state index is -0.721. The van der Waals surface area contributed by atoms with Crippen LogP contribution < -0.4 is 10.6 Å². The summed E-state index contributed by atoms with van der Waals surface area (Å²) in [6, 6.07) is 0. The summed E-state index contributed by atoms with van der Waals surface area (Å²) in [5.74, 6) is -1.42. The zero-order chi connectivity index (χ0) is 26.8. The first-order valence-corrected chi connectivity index (χ1v) is 12.5. The number of rotatable bonds is 4. The Labute approximate surface area is 214 Å². The molecular formula is C29H40N2O5. The Kier molecular flexibility index (Phi) is 11.3. The maximum Gasteiger partial charge on any atom is 0.251 e. The molecule has 0 saturated carbocycles. The molecule has 3 N–H and O–H groups in total. The predicted molar refractivity (Wildman–Crippen MR) is 142 cm³/mol. The fourth-order valence-corrected chi connectivity index (χ4v) is 4.44. The van der Waals surface area contributed by atoms with Gasteiger partial charge >= 0.3 is 0 Å². The molecule has 2 rings (SSSR count). The third-order valence-corrected chi connectivity index (χ3v) is 6.52. The third-order valence-electron chi connectivity index (χ3n) is 6.52. The van der Waals surface area contributed by atoms with E-state index in [1.807, 2.05) is 32.9 Å². The summed E-state index contributed by atoms with van der Waals surface area (Å²) in [4.78, 5) is 39.1. The minimum Gasteiger partial charge on any atom is -0.390 e. The van der Waals surface area contributed by atoms with E-state index in [-0.39, 0.29) is 35.4 Å². The summed E-state index contributed by atoms with van der Waals surface area (Å²) in [7, 11) is 1.57. The lowest BCUT2D eigenvalue weighted by molar-refractivity contribution is -0.120.